The molecule has 2 aliphatic heterocycles. The van der Waals surface area contributed by atoms with E-state index in [0.717, 1.165) is 69.5 Å². The van der Waals surface area contributed by atoms with Gasteiger partial charge in [0, 0.05) is 23.7 Å². The Bertz CT molecular complexity index is 1450. The number of nitrogens with zero attached hydrogens (tertiary/aromatic N) is 4. The smallest absolute Gasteiger partial charge is 0.227 e. The van der Waals surface area contributed by atoms with Gasteiger partial charge in [-0.05, 0) is 80.5 Å². The second-order valence-corrected chi connectivity index (χ2v) is 11.5. The van der Waals surface area contributed by atoms with E-state index in [2.05, 4.69) is 27.9 Å². The number of aromatic nitrogens is 3. The molecule has 0 saturated carbocycles. The summed E-state index contributed by atoms with van der Waals surface area (Å²) >= 11 is 14.5. The van der Waals surface area contributed by atoms with Crippen molar-refractivity contribution >= 4 is 57.6 Å². The molecule has 6 rings (SSSR count). The van der Waals surface area contributed by atoms with Crippen molar-refractivity contribution in [3.8, 4) is 11.1 Å². The van der Waals surface area contributed by atoms with Gasteiger partial charge in [-0.2, -0.15) is 11.8 Å². The molecule has 9 heteroatoms. The van der Waals surface area contributed by atoms with Crippen molar-refractivity contribution < 1.29 is 9.32 Å². The Labute approximate surface area is 223 Å². The molecule has 0 N–H and O–H groups in total. The maximum Gasteiger partial charge on any atom is 0.227 e. The number of fused-ring (bicyclic) bond motifs is 1. The highest BCUT2D eigenvalue weighted by Gasteiger charge is 2.38. The summed E-state index contributed by atoms with van der Waals surface area (Å²) in [4.78, 5) is 20.2. The van der Waals surface area contributed by atoms with Crippen LogP contribution in [0.3, 0.4) is 0 Å². The average molecular weight is 542 g/mol. The van der Waals surface area contributed by atoms with E-state index in [-0.39, 0.29) is 11.9 Å². The molecule has 4 aromatic rings. The van der Waals surface area contributed by atoms with E-state index >= 15 is 0 Å². The minimum atomic E-state index is -0.167. The summed E-state index contributed by atoms with van der Waals surface area (Å²) < 4.78 is 7.82. The summed E-state index contributed by atoms with van der Waals surface area (Å²) in [6, 6.07) is 12.0. The lowest BCUT2D eigenvalue weighted by molar-refractivity contribution is -0.117. The summed E-state index contributed by atoms with van der Waals surface area (Å²) in [6.45, 7) is 3.89. The molecule has 0 unspecified atom stereocenters. The van der Waals surface area contributed by atoms with E-state index in [9.17, 15) is 4.79 Å². The Morgan fingerprint density at radius 2 is 1.83 bits per heavy atom. The second kappa shape index (κ2) is 9.43. The third-order valence-corrected chi connectivity index (χ3v) is 9.07. The number of hydrogen-bond acceptors (Lipinski definition) is 5. The number of carbonyl (C=O) groups is 1. The first-order valence-corrected chi connectivity index (χ1v) is 14.1. The van der Waals surface area contributed by atoms with E-state index in [0.29, 0.717) is 28.9 Å². The maximum absolute atomic E-state index is 13.1. The predicted molar refractivity (Wildman–Crippen MR) is 146 cm³/mol. The van der Waals surface area contributed by atoms with Gasteiger partial charge < -0.3 is 14.0 Å². The number of aryl methyl sites for hydroxylation is 2. The maximum atomic E-state index is 13.1. The van der Waals surface area contributed by atoms with E-state index < -0.39 is 0 Å². The van der Waals surface area contributed by atoms with Gasteiger partial charge in [-0.15, -0.1) is 0 Å². The molecular weight excluding hydrogens is 515 g/mol. The van der Waals surface area contributed by atoms with Gasteiger partial charge in [0.2, 0.25) is 5.91 Å². The zero-order valence-corrected chi connectivity index (χ0v) is 22.5. The molecule has 2 saturated heterocycles. The van der Waals surface area contributed by atoms with Crippen molar-refractivity contribution in [1.82, 2.24) is 14.7 Å². The molecule has 1 atom stereocenters. The molecule has 2 fully saturated rings. The van der Waals surface area contributed by atoms with Crippen LogP contribution in [0.1, 0.15) is 55.0 Å². The van der Waals surface area contributed by atoms with Crippen molar-refractivity contribution in [3.63, 3.8) is 0 Å². The first-order valence-electron chi connectivity index (χ1n) is 12.2. The number of thioether (sulfide) groups is 1. The van der Waals surface area contributed by atoms with Crippen molar-refractivity contribution in [2.24, 2.45) is 0 Å². The SMILES string of the molecule is Cc1noc(C)c1-c1ccc2c(c1)nc([C@@H]1CCC(=O)N1c1ccc(Cl)c(Cl)c1)n2C1CCSCC1. The Hall–Kier alpha value is -2.48. The van der Waals surface area contributed by atoms with Gasteiger partial charge in [0.1, 0.15) is 11.6 Å². The van der Waals surface area contributed by atoms with Gasteiger partial charge in [0.25, 0.3) is 0 Å². The lowest BCUT2D eigenvalue weighted by atomic mass is 10.0. The molecule has 2 aromatic carbocycles. The molecule has 6 nitrogen and oxygen atoms in total. The van der Waals surface area contributed by atoms with Crippen molar-refractivity contribution in [3.05, 3.63) is 63.7 Å². The fraction of sp³-hybridized carbons (Fsp3) is 0.370. The topological polar surface area (TPSA) is 64.2 Å². The average Bonchev–Trinajstić information content (AvgIpc) is 3.55. The number of halogens is 2. The van der Waals surface area contributed by atoms with Crippen molar-refractivity contribution in [1.29, 1.82) is 0 Å². The van der Waals surface area contributed by atoms with Crippen LogP contribution in [0.2, 0.25) is 10.0 Å². The van der Waals surface area contributed by atoms with Crippen LogP contribution < -0.4 is 4.90 Å². The van der Waals surface area contributed by atoms with Gasteiger partial charge in [-0.1, -0.05) is 34.4 Å². The Balaban J connectivity index is 1.51. The molecule has 0 spiro atoms. The fourth-order valence-electron chi connectivity index (χ4n) is 5.62. The first-order chi connectivity index (χ1) is 17.4. The number of rotatable bonds is 4. The largest absolute Gasteiger partial charge is 0.361 e. The summed E-state index contributed by atoms with van der Waals surface area (Å²) in [7, 11) is 0. The molecular formula is C27H26Cl2N4O2S. The van der Waals surface area contributed by atoms with Gasteiger partial charge in [0.05, 0.1) is 32.8 Å². The first kappa shape index (κ1) is 23.9. The fourth-order valence-corrected chi connectivity index (χ4v) is 6.99. The van der Waals surface area contributed by atoms with Crippen LogP contribution in [0.15, 0.2) is 40.9 Å². The summed E-state index contributed by atoms with van der Waals surface area (Å²) in [5.74, 6) is 4.06. The Morgan fingerprint density at radius 1 is 1.03 bits per heavy atom. The Morgan fingerprint density at radius 3 is 2.56 bits per heavy atom. The molecule has 0 aliphatic carbocycles. The van der Waals surface area contributed by atoms with Crippen molar-refractivity contribution in [2.75, 3.05) is 16.4 Å². The van der Waals surface area contributed by atoms with Crippen LogP contribution in [0.25, 0.3) is 22.2 Å². The number of anilines is 1. The van der Waals surface area contributed by atoms with Gasteiger partial charge in [-0.3, -0.25) is 4.79 Å². The van der Waals surface area contributed by atoms with Crippen LogP contribution in [-0.2, 0) is 4.79 Å². The predicted octanol–water partition coefficient (Wildman–Crippen LogP) is 7.55. The van der Waals surface area contributed by atoms with Gasteiger partial charge >= 0.3 is 0 Å². The van der Waals surface area contributed by atoms with Crippen molar-refractivity contribution in [2.45, 2.75) is 51.6 Å². The molecule has 1 amide bonds. The van der Waals surface area contributed by atoms with Gasteiger partial charge in [0.15, 0.2) is 0 Å². The molecule has 4 heterocycles. The minimum Gasteiger partial charge on any atom is -0.361 e. The summed E-state index contributed by atoms with van der Waals surface area (Å²) in [5.41, 5.74) is 5.70. The third-order valence-electron chi connectivity index (χ3n) is 7.29. The van der Waals surface area contributed by atoms with Gasteiger partial charge in [-0.25, -0.2) is 4.98 Å². The van der Waals surface area contributed by atoms with Crippen LogP contribution in [0.5, 0.6) is 0 Å². The quantitative estimate of drug-likeness (QED) is 0.267. The van der Waals surface area contributed by atoms with E-state index in [4.69, 9.17) is 32.7 Å². The van der Waals surface area contributed by atoms with E-state index in [1.165, 1.54) is 0 Å². The zero-order valence-electron chi connectivity index (χ0n) is 20.1. The highest BCUT2D eigenvalue weighted by molar-refractivity contribution is 7.99. The molecule has 36 heavy (non-hydrogen) atoms. The highest BCUT2D eigenvalue weighted by Crippen LogP contribution is 2.42. The molecule has 2 aliphatic rings. The summed E-state index contributed by atoms with van der Waals surface area (Å²) in [5, 5.41) is 5.04. The highest BCUT2D eigenvalue weighted by atomic mass is 35.5. The monoisotopic (exact) mass is 540 g/mol. The second-order valence-electron chi connectivity index (χ2n) is 9.50. The van der Waals surface area contributed by atoms with Crippen LogP contribution in [0.4, 0.5) is 5.69 Å². The van der Waals surface area contributed by atoms with Crippen LogP contribution >= 0.6 is 35.0 Å². The number of imidazole rings is 1. The number of benzene rings is 2. The molecule has 0 bridgehead atoms. The lowest BCUT2D eigenvalue weighted by Gasteiger charge is -2.30. The van der Waals surface area contributed by atoms with E-state index in [1.54, 1.807) is 12.1 Å². The van der Waals surface area contributed by atoms with Crippen LogP contribution in [-0.4, -0.2) is 32.1 Å². The third kappa shape index (κ3) is 4.01. The number of carbonyl (C=O) groups excluding carboxylic acids is 1. The summed E-state index contributed by atoms with van der Waals surface area (Å²) in [6.07, 6.45) is 3.35. The number of hydrogen-bond donors (Lipinski definition) is 0. The number of amides is 1. The molecule has 2 aromatic heterocycles. The van der Waals surface area contributed by atoms with Crippen LogP contribution in [0, 0.1) is 13.8 Å². The normalized spacial score (nSPS) is 19.1. The minimum absolute atomic E-state index is 0.0765. The zero-order chi connectivity index (χ0) is 25.0. The standard InChI is InChI=1S/C27H26Cl2N4O2S/c1-15-26(16(2)35-31-15)17-3-6-23-22(13-17)30-27(33(23)18-9-11-36-12-10-18)24-7-8-25(34)32(24)19-4-5-20(28)21(29)14-19/h3-6,13-14,18,24H,7-12H2,1-2H3/t24-/m0/s1. The van der Waals surface area contributed by atoms with E-state index in [1.807, 2.05) is 36.6 Å². The Kier molecular flexibility index (Phi) is 6.26. The lowest BCUT2D eigenvalue weighted by Crippen LogP contribution is -2.30. The molecule has 186 valence electrons. The molecule has 0 radical (unpaired) electrons.